The van der Waals surface area contributed by atoms with E-state index in [1.165, 1.54) is 0 Å². The second-order valence-electron chi connectivity index (χ2n) is 5.90. The van der Waals surface area contributed by atoms with Gasteiger partial charge in [0.15, 0.2) is 5.78 Å². The van der Waals surface area contributed by atoms with Gasteiger partial charge in [0.25, 0.3) is 0 Å². The summed E-state index contributed by atoms with van der Waals surface area (Å²) in [6.45, 7) is 3.99. The van der Waals surface area contributed by atoms with E-state index in [1.807, 2.05) is 32.0 Å². The molecule has 0 fully saturated rings. The highest BCUT2D eigenvalue weighted by Crippen LogP contribution is 2.44. The number of carbonyl (C=O) groups is 1. The van der Waals surface area contributed by atoms with Crippen molar-refractivity contribution < 1.29 is 9.53 Å². The van der Waals surface area contributed by atoms with Crippen molar-refractivity contribution in [2.24, 2.45) is 5.73 Å². The second-order valence-corrected chi connectivity index (χ2v) is 5.90. The van der Waals surface area contributed by atoms with Gasteiger partial charge in [-0.1, -0.05) is 23.8 Å². The number of carbonyl (C=O) groups excluding carboxylic acids is 1. The van der Waals surface area contributed by atoms with Gasteiger partial charge in [0.2, 0.25) is 5.88 Å². The lowest BCUT2D eigenvalue weighted by Crippen LogP contribution is -2.27. The molecule has 112 valence electrons. The minimum Gasteiger partial charge on any atom is -0.444 e. The molecule has 4 nitrogen and oxygen atoms in total. The summed E-state index contributed by atoms with van der Waals surface area (Å²) in [7, 11) is 0. The zero-order valence-corrected chi connectivity index (χ0v) is 12.8. The molecule has 0 spiro atoms. The third-order valence-electron chi connectivity index (χ3n) is 4.35. The lowest BCUT2D eigenvalue weighted by Gasteiger charge is -2.31. The average Bonchev–Trinajstić information content (AvgIpc) is 2.48. The number of ketones is 1. The van der Waals surface area contributed by atoms with Crippen LogP contribution in [0.15, 0.2) is 41.0 Å². The molecular weight excluding hydrogens is 276 g/mol. The monoisotopic (exact) mass is 294 g/mol. The minimum absolute atomic E-state index is 0.0624. The fraction of sp³-hybridized carbons (Fsp3) is 0.333. The molecule has 0 amide bonds. The Kier molecular flexibility index (Phi) is 3.50. The number of nitrogens with zero attached hydrogens (tertiary/aromatic N) is 1. The van der Waals surface area contributed by atoms with Crippen molar-refractivity contribution in [3.63, 3.8) is 0 Å². The van der Waals surface area contributed by atoms with Crippen LogP contribution in [0.4, 0.5) is 0 Å². The van der Waals surface area contributed by atoms with Crippen LogP contribution in [-0.4, -0.2) is 5.78 Å². The van der Waals surface area contributed by atoms with Gasteiger partial charge in [0.05, 0.1) is 5.92 Å². The van der Waals surface area contributed by atoms with Crippen LogP contribution in [0.1, 0.15) is 41.9 Å². The second kappa shape index (κ2) is 5.34. The fourth-order valence-electron chi connectivity index (χ4n) is 3.24. The maximum atomic E-state index is 12.5. The molecule has 0 saturated heterocycles. The van der Waals surface area contributed by atoms with Gasteiger partial charge >= 0.3 is 0 Å². The van der Waals surface area contributed by atoms with Crippen molar-refractivity contribution in [2.75, 3.05) is 0 Å². The summed E-state index contributed by atoms with van der Waals surface area (Å²) in [6.07, 6.45) is 1.97. The summed E-state index contributed by atoms with van der Waals surface area (Å²) < 4.78 is 5.58. The largest absolute Gasteiger partial charge is 0.444 e. The first-order chi connectivity index (χ1) is 10.5. The minimum atomic E-state index is -0.401. The smallest absolute Gasteiger partial charge is 0.205 e. The SMILES string of the molecule is Cc1ccc(C)c([C@H]2C(C#N)=C(N)OC3=C2C(=O)CCC3)c1. The molecule has 1 aliphatic carbocycles. The Morgan fingerprint density at radius 2 is 2.09 bits per heavy atom. The first-order valence-corrected chi connectivity index (χ1v) is 7.44. The number of ether oxygens (including phenoxy) is 1. The molecule has 0 bridgehead atoms. The first kappa shape index (κ1) is 14.4. The summed E-state index contributed by atoms with van der Waals surface area (Å²) in [5.74, 6) is 0.425. The van der Waals surface area contributed by atoms with E-state index in [0.717, 1.165) is 23.1 Å². The van der Waals surface area contributed by atoms with Crippen LogP contribution >= 0.6 is 0 Å². The van der Waals surface area contributed by atoms with E-state index in [-0.39, 0.29) is 11.7 Å². The summed E-state index contributed by atoms with van der Waals surface area (Å²) >= 11 is 0. The Morgan fingerprint density at radius 1 is 1.32 bits per heavy atom. The summed E-state index contributed by atoms with van der Waals surface area (Å²) in [4.78, 5) is 12.5. The van der Waals surface area contributed by atoms with E-state index in [1.54, 1.807) is 0 Å². The Labute approximate surface area is 129 Å². The molecule has 0 unspecified atom stereocenters. The van der Waals surface area contributed by atoms with Crippen molar-refractivity contribution in [3.8, 4) is 6.07 Å². The van der Waals surface area contributed by atoms with Crippen LogP contribution in [0.2, 0.25) is 0 Å². The predicted octanol–water partition coefficient (Wildman–Crippen LogP) is 3.12. The molecule has 4 heteroatoms. The summed E-state index contributed by atoms with van der Waals surface area (Å²) in [5.41, 5.74) is 10.00. The van der Waals surface area contributed by atoms with E-state index in [9.17, 15) is 10.1 Å². The maximum Gasteiger partial charge on any atom is 0.205 e. The molecule has 1 aliphatic heterocycles. The van der Waals surface area contributed by atoms with Gasteiger partial charge < -0.3 is 10.5 Å². The number of nitrogens with two attached hydrogens (primary N) is 1. The number of aryl methyl sites for hydroxylation is 2. The number of nitriles is 1. The van der Waals surface area contributed by atoms with Crippen molar-refractivity contribution >= 4 is 5.78 Å². The number of hydrogen-bond acceptors (Lipinski definition) is 4. The lowest BCUT2D eigenvalue weighted by atomic mass is 9.76. The topological polar surface area (TPSA) is 76.1 Å². The van der Waals surface area contributed by atoms with E-state index in [4.69, 9.17) is 10.5 Å². The standard InChI is InChI=1S/C18H18N2O2/c1-10-6-7-11(2)12(8-10)16-13(9-19)18(20)22-15-5-3-4-14(21)17(15)16/h6-8,16H,3-5,20H2,1-2H3/t16-/m0/s1. The van der Waals surface area contributed by atoms with Gasteiger partial charge in [-0.25, -0.2) is 0 Å². The molecule has 1 atom stereocenters. The van der Waals surface area contributed by atoms with Crippen LogP contribution < -0.4 is 5.73 Å². The quantitative estimate of drug-likeness (QED) is 0.863. The Balaban J connectivity index is 2.25. The van der Waals surface area contributed by atoms with Crippen molar-refractivity contribution in [1.82, 2.24) is 0 Å². The van der Waals surface area contributed by atoms with Crippen LogP contribution in [0.5, 0.6) is 0 Å². The zero-order chi connectivity index (χ0) is 15.9. The van der Waals surface area contributed by atoms with Crippen molar-refractivity contribution in [3.05, 3.63) is 57.7 Å². The number of rotatable bonds is 1. The van der Waals surface area contributed by atoms with Crippen LogP contribution in [0, 0.1) is 25.2 Å². The first-order valence-electron chi connectivity index (χ1n) is 7.44. The molecule has 1 heterocycles. The lowest BCUT2D eigenvalue weighted by molar-refractivity contribution is -0.116. The Hall–Kier alpha value is -2.54. The van der Waals surface area contributed by atoms with Gasteiger partial charge in [-0.05, 0) is 31.4 Å². The van der Waals surface area contributed by atoms with Gasteiger partial charge in [-0.2, -0.15) is 5.26 Å². The zero-order valence-electron chi connectivity index (χ0n) is 12.8. The van der Waals surface area contributed by atoms with E-state index in [0.29, 0.717) is 29.7 Å². The Morgan fingerprint density at radius 3 is 2.82 bits per heavy atom. The van der Waals surface area contributed by atoms with Gasteiger partial charge in [-0.15, -0.1) is 0 Å². The molecule has 0 aromatic heterocycles. The molecule has 0 saturated carbocycles. The van der Waals surface area contributed by atoms with Gasteiger partial charge in [0, 0.05) is 18.4 Å². The highest BCUT2D eigenvalue weighted by molar-refractivity contribution is 5.99. The number of allylic oxidation sites excluding steroid dienone is 3. The highest BCUT2D eigenvalue weighted by Gasteiger charge is 2.38. The summed E-state index contributed by atoms with van der Waals surface area (Å²) in [6, 6.07) is 8.21. The number of Topliss-reactive ketones (excluding diaryl/α,β-unsaturated/α-hetero) is 1. The van der Waals surface area contributed by atoms with Crippen molar-refractivity contribution in [2.45, 2.75) is 39.0 Å². The maximum absolute atomic E-state index is 12.5. The third kappa shape index (κ3) is 2.19. The van der Waals surface area contributed by atoms with Gasteiger partial charge in [-0.3, -0.25) is 4.79 Å². The molecule has 3 rings (SSSR count). The molecule has 1 aromatic rings. The molecule has 22 heavy (non-hydrogen) atoms. The van der Waals surface area contributed by atoms with E-state index in [2.05, 4.69) is 6.07 Å². The van der Waals surface area contributed by atoms with Crippen molar-refractivity contribution in [1.29, 1.82) is 5.26 Å². The molecule has 2 aliphatic rings. The number of benzene rings is 1. The highest BCUT2D eigenvalue weighted by atomic mass is 16.5. The third-order valence-corrected chi connectivity index (χ3v) is 4.35. The molecular formula is C18H18N2O2. The molecule has 2 N–H and O–H groups in total. The fourth-order valence-corrected chi connectivity index (χ4v) is 3.24. The summed E-state index contributed by atoms with van der Waals surface area (Å²) in [5, 5.41) is 9.53. The Bertz CT molecular complexity index is 766. The molecule has 1 aromatic carbocycles. The van der Waals surface area contributed by atoms with E-state index >= 15 is 0 Å². The number of hydrogen-bond donors (Lipinski definition) is 1. The van der Waals surface area contributed by atoms with Crippen LogP contribution in [-0.2, 0) is 9.53 Å². The van der Waals surface area contributed by atoms with Crippen LogP contribution in [0.25, 0.3) is 0 Å². The molecule has 0 radical (unpaired) electrons. The predicted molar refractivity (Wildman–Crippen MR) is 82.5 cm³/mol. The van der Waals surface area contributed by atoms with Gasteiger partial charge in [0.1, 0.15) is 17.4 Å². The van der Waals surface area contributed by atoms with E-state index < -0.39 is 5.92 Å². The normalized spacial score (nSPS) is 21.3. The van der Waals surface area contributed by atoms with Crippen LogP contribution in [0.3, 0.4) is 0 Å². The average molecular weight is 294 g/mol.